The molecule has 2 aromatic rings. The highest BCUT2D eigenvalue weighted by molar-refractivity contribution is 5.95. The third kappa shape index (κ3) is 3.79. The Morgan fingerprint density at radius 2 is 2.19 bits per heavy atom. The summed E-state index contributed by atoms with van der Waals surface area (Å²) in [7, 11) is 1.84. The van der Waals surface area contributed by atoms with Crippen molar-refractivity contribution in [3.63, 3.8) is 0 Å². The molecule has 7 heteroatoms. The summed E-state index contributed by atoms with van der Waals surface area (Å²) in [5.41, 5.74) is 4.79. The zero-order chi connectivity index (χ0) is 15.4. The molecule has 0 saturated heterocycles. The molecule has 0 unspecified atom stereocenters. The van der Waals surface area contributed by atoms with E-state index in [0.29, 0.717) is 17.9 Å². The van der Waals surface area contributed by atoms with Gasteiger partial charge in [-0.25, -0.2) is 10.8 Å². The van der Waals surface area contributed by atoms with Gasteiger partial charge in [0.25, 0.3) is 5.91 Å². The van der Waals surface area contributed by atoms with E-state index in [1.165, 1.54) is 0 Å². The van der Waals surface area contributed by atoms with Crippen LogP contribution in [-0.2, 0) is 13.6 Å². The van der Waals surface area contributed by atoms with Gasteiger partial charge < -0.3 is 10.7 Å². The summed E-state index contributed by atoms with van der Waals surface area (Å²) in [5, 5.41) is 6.92. The molecule has 2 rings (SSSR count). The molecule has 0 aliphatic carbocycles. The third-order valence-electron chi connectivity index (χ3n) is 3.06. The monoisotopic (exact) mass is 288 g/mol. The minimum Gasteiger partial charge on any atom is -0.348 e. The lowest BCUT2D eigenvalue weighted by atomic mass is 10.1. The molecular weight excluding hydrogens is 268 g/mol. The number of amides is 1. The van der Waals surface area contributed by atoms with Crippen molar-refractivity contribution in [3.8, 4) is 0 Å². The van der Waals surface area contributed by atoms with Crippen LogP contribution in [0.3, 0.4) is 0 Å². The van der Waals surface area contributed by atoms with Crippen molar-refractivity contribution in [3.05, 3.63) is 41.3 Å². The van der Waals surface area contributed by atoms with Gasteiger partial charge in [-0.3, -0.25) is 9.48 Å². The van der Waals surface area contributed by atoms with Gasteiger partial charge in [0.1, 0.15) is 5.82 Å². The van der Waals surface area contributed by atoms with Crippen molar-refractivity contribution >= 4 is 11.7 Å². The molecule has 2 heterocycles. The average Bonchev–Trinajstić information content (AvgIpc) is 2.89. The number of nitrogens with zero attached hydrogens (tertiary/aromatic N) is 3. The number of hydrazine groups is 1. The minimum absolute atomic E-state index is 0.167. The second-order valence-electron chi connectivity index (χ2n) is 5.17. The number of carbonyl (C=O) groups excluding carboxylic acids is 1. The van der Waals surface area contributed by atoms with Crippen molar-refractivity contribution in [2.75, 3.05) is 5.43 Å². The summed E-state index contributed by atoms with van der Waals surface area (Å²) in [4.78, 5) is 16.6. The lowest BCUT2D eigenvalue weighted by molar-refractivity contribution is 0.0950. The van der Waals surface area contributed by atoms with Crippen LogP contribution < -0.4 is 16.6 Å². The molecule has 0 spiro atoms. The maximum atomic E-state index is 12.2. The molecule has 4 N–H and O–H groups in total. The van der Waals surface area contributed by atoms with Crippen LogP contribution in [0.2, 0.25) is 0 Å². The standard InChI is InChI=1S/C14H20N6O/c1-9(2)12-4-11(5-13(18-12)19-15)14(21)16-6-10-7-17-20(3)8-10/h4-5,7-9H,6,15H2,1-3H3,(H,16,21)(H,18,19). The lowest BCUT2D eigenvalue weighted by Gasteiger charge is -2.11. The largest absolute Gasteiger partial charge is 0.348 e. The smallest absolute Gasteiger partial charge is 0.251 e. The van der Waals surface area contributed by atoms with Crippen molar-refractivity contribution < 1.29 is 4.79 Å². The summed E-state index contributed by atoms with van der Waals surface area (Å²) >= 11 is 0. The molecule has 0 atom stereocenters. The molecule has 0 aliphatic heterocycles. The molecule has 0 aliphatic rings. The Kier molecular flexibility index (Phi) is 4.54. The Morgan fingerprint density at radius 1 is 1.43 bits per heavy atom. The first kappa shape index (κ1) is 15.0. The van der Waals surface area contributed by atoms with E-state index in [4.69, 9.17) is 5.84 Å². The molecule has 0 aromatic carbocycles. The highest BCUT2D eigenvalue weighted by Gasteiger charge is 2.11. The van der Waals surface area contributed by atoms with Crippen LogP contribution in [0.1, 0.15) is 41.4 Å². The first-order valence-electron chi connectivity index (χ1n) is 6.74. The zero-order valence-electron chi connectivity index (χ0n) is 12.4. The highest BCUT2D eigenvalue weighted by Crippen LogP contribution is 2.17. The third-order valence-corrected chi connectivity index (χ3v) is 3.06. The van der Waals surface area contributed by atoms with Gasteiger partial charge in [-0.2, -0.15) is 5.10 Å². The molecule has 0 radical (unpaired) electrons. The molecule has 0 fully saturated rings. The van der Waals surface area contributed by atoms with Gasteiger partial charge in [0, 0.05) is 36.6 Å². The zero-order valence-corrected chi connectivity index (χ0v) is 12.4. The Balaban J connectivity index is 2.12. The fourth-order valence-corrected chi connectivity index (χ4v) is 1.90. The number of pyridine rings is 1. The van der Waals surface area contributed by atoms with Crippen LogP contribution in [0, 0.1) is 0 Å². The van der Waals surface area contributed by atoms with E-state index in [-0.39, 0.29) is 11.8 Å². The number of hydrogen-bond acceptors (Lipinski definition) is 5. The molecule has 112 valence electrons. The maximum Gasteiger partial charge on any atom is 0.251 e. The molecule has 0 bridgehead atoms. The van der Waals surface area contributed by atoms with Gasteiger partial charge >= 0.3 is 0 Å². The molecule has 1 amide bonds. The SMILES string of the molecule is CC(C)c1cc(C(=O)NCc2cnn(C)c2)cc(NN)n1. The van der Waals surface area contributed by atoms with Crippen LogP contribution in [-0.4, -0.2) is 20.7 Å². The summed E-state index contributed by atoms with van der Waals surface area (Å²) in [6.07, 6.45) is 3.58. The van der Waals surface area contributed by atoms with Gasteiger partial charge in [-0.15, -0.1) is 0 Å². The minimum atomic E-state index is -0.167. The number of aromatic nitrogens is 3. The second kappa shape index (κ2) is 6.36. The van der Waals surface area contributed by atoms with E-state index in [1.54, 1.807) is 23.0 Å². The number of nitrogens with two attached hydrogens (primary N) is 1. The first-order chi connectivity index (χ1) is 9.99. The van der Waals surface area contributed by atoms with Crippen LogP contribution in [0.25, 0.3) is 0 Å². The van der Waals surface area contributed by atoms with Gasteiger partial charge in [0.15, 0.2) is 0 Å². The van der Waals surface area contributed by atoms with Crippen molar-refractivity contribution in [1.29, 1.82) is 0 Å². The van der Waals surface area contributed by atoms with Crippen molar-refractivity contribution in [1.82, 2.24) is 20.1 Å². The summed E-state index contributed by atoms with van der Waals surface area (Å²) in [6, 6.07) is 3.41. The van der Waals surface area contributed by atoms with Gasteiger partial charge in [0.2, 0.25) is 0 Å². The fourth-order valence-electron chi connectivity index (χ4n) is 1.90. The van der Waals surface area contributed by atoms with Gasteiger partial charge in [-0.05, 0) is 18.1 Å². The number of rotatable bonds is 5. The van der Waals surface area contributed by atoms with Crippen LogP contribution >= 0.6 is 0 Å². The number of anilines is 1. The number of hydrogen-bond donors (Lipinski definition) is 3. The average molecular weight is 288 g/mol. The maximum absolute atomic E-state index is 12.2. The summed E-state index contributed by atoms with van der Waals surface area (Å²) < 4.78 is 1.70. The Morgan fingerprint density at radius 3 is 2.76 bits per heavy atom. The first-order valence-corrected chi connectivity index (χ1v) is 6.74. The van der Waals surface area contributed by atoms with Gasteiger partial charge in [-0.1, -0.05) is 13.8 Å². The normalized spacial score (nSPS) is 10.7. The Hall–Kier alpha value is -2.41. The molecule has 21 heavy (non-hydrogen) atoms. The van der Waals surface area contributed by atoms with E-state index in [1.807, 2.05) is 27.1 Å². The number of aryl methyl sites for hydroxylation is 1. The van der Waals surface area contributed by atoms with E-state index in [0.717, 1.165) is 11.3 Å². The van der Waals surface area contributed by atoms with Crippen LogP contribution in [0.4, 0.5) is 5.82 Å². The van der Waals surface area contributed by atoms with Gasteiger partial charge in [0.05, 0.1) is 6.20 Å². The topological polar surface area (TPSA) is 97.9 Å². The van der Waals surface area contributed by atoms with Crippen LogP contribution in [0.5, 0.6) is 0 Å². The van der Waals surface area contributed by atoms with E-state index in [9.17, 15) is 4.79 Å². The molecule has 2 aromatic heterocycles. The van der Waals surface area contributed by atoms with Crippen molar-refractivity contribution in [2.24, 2.45) is 12.9 Å². The van der Waals surface area contributed by atoms with E-state index < -0.39 is 0 Å². The van der Waals surface area contributed by atoms with E-state index >= 15 is 0 Å². The van der Waals surface area contributed by atoms with Crippen LogP contribution in [0.15, 0.2) is 24.5 Å². The predicted molar refractivity (Wildman–Crippen MR) is 80.5 cm³/mol. The van der Waals surface area contributed by atoms with Crippen molar-refractivity contribution in [2.45, 2.75) is 26.3 Å². The molecule has 0 saturated carbocycles. The molecule has 7 nitrogen and oxygen atoms in total. The second-order valence-corrected chi connectivity index (χ2v) is 5.17. The van der Waals surface area contributed by atoms with E-state index in [2.05, 4.69) is 20.8 Å². The Labute approximate surface area is 123 Å². The number of nitrogens with one attached hydrogen (secondary N) is 2. The number of nitrogen functional groups attached to an aromatic ring is 1. The quantitative estimate of drug-likeness (QED) is 0.566. The lowest BCUT2D eigenvalue weighted by Crippen LogP contribution is -2.23. The molecular formula is C14H20N6O. The summed E-state index contributed by atoms with van der Waals surface area (Å²) in [5.74, 6) is 5.92. The Bertz CT molecular complexity index is 634. The highest BCUT2D eigenvalue weighted by atomic mass is 16.1. The fraction of sp³-hybridized carbons (Fsp3) is 0.357. The number of carbonyl (C=O) groups is 1. The summed E-state index contributed by atoms with van der Waals surface area (Å²) in [6.45, 7) is 4.46. The predicted octanol–water partition coefficient (Wildman–Crippen LogP) is 1.15.